The molecule has 0 saturated heterocycles. The van der Waals surface area contributed by atoms with Crippen LogP contribution >= 0.6 is 0 Å². The summed E-state index contributed by atoms with van der Waals surface area (Å²) in [5.41, 5.74) is 10.5. The van der Waals surface area contributed by atoms with E-state index in [1.165, 1.54) is 70.6 Å². The fraction of sp³-hybridized carbons (Fsp3) is 0.579. The maximum Gasteiger partial charge on any atom is -0.00994 e. The normalized spacial score (nSPS) is 26.9. The van der Waals surface area contributed by atoms with Crippen LogP contribution < -0.4 is 0 Å². The number of fused-ring (bicyclic) bond motifs is 6. The molecule has 0 aromatic rings. The summed E-state index contributed by atoms with van der Waals surface area (Å²) >= 11 is 0. The Morgan fingerprint density at radius 3 is 1.58 bits per heavy atom. The molecule has 5 aliphatic rings. The van der Waals surface area contributed by atoms with Gasteiger partial charge in [0.2, 0.25) is 0 Å². The minimum Gasteiger partial charge on any atom is -0.0659 e. The zero-order valence-corrected chi connectivity index (χ0v) is 11.9. The number of rotatable bonds is 0. The fourth-order valence-electron chi connectivity index (χ4n) is 4.42. The predicted octanol–water partition coefficient (Wildman–Crippen LogP) is 5.78. The molecule has 1 saturated carbocycles. The lowest BCUT2D eigenvalue weighted by Gasteiger charge is -2.14. The molecule has 1 fully saturated rings. The maximum absolute atomic E-state index is 2.57. The summed E-state index contributed by atoms with van der Waals surface area (Å²) < 4.78 is 0. The smallest absolute Gasteiger partial charge is 0.00994 e. The molecule has 0 aromatic carbocycles. The third kappa shape index (κ3) is 2.26. The van der Waals surface area contributed by atoms with Crippen molar-refractivity contribution in [3.8, 4) is 0 Å². The average molecular weight is 252 g/mol. The molecule has 0 heterocycles. The highest BCUT2D eigenvalue weighted by Crippen LogP contribution is 2.41. The van der Waals surface area contributed by atoms with E-state index in [1.54, 1.807) is 33.4 Å². The molecule has 19 heavy (non-hydrogen) atoms. The topological polar surface area (TPSA) is 0 Å². The second-order valence-electron chi connectivity index (χ2n) is 6.78. The van der Waals surface area contributed by atoms with Crippen LogP contribution in [0.1, 0.15) is 70.6 Å². The molecule has 0 aliphatic heterocycles. The van der Waals surface area contributed by atoms with E-state index in [2.05, 4.69) is 12.2 Å². The van der Waals surface area contributed by atoms with E-state index < -0.39 is 0 Å². The molecule has 0 aromatic heterocycles. The number of allylic oxidation sites excluding steroid dienone is 8. The molecule has 5 aliphatic carbocycles. The Balaban J connectivity index is 1.68. The summed E-state index contributed by atoms with van der Waals surface area (Å²) in [5.74, 6) is 0. The van der Waals surface area contributed by atoms with Gasteiger partial charge < -0.3 is 0 Å². The Kier molecular flexibility index (Phi) is 2.98. The molecule has 0 atom stereocenters. The summed E-state index contributed by atoms with van der Waals surface area (Å²) in [5, 5.41) is 0. The van der Waals surface area contributed by atoms with Crippen molar-refractivity contribution in [2.75, 3.05) is 0 Å². The van der Waals surface area contributed by atoms with Crippen LogP contribution in [0.2, 0.25) is 0 Å². The zero-order chi connectivity index (χ0) is 12.7. The van der Waals surface area contributed by atoms with Crippen molar-refractivity contribution in [2.45, 2.75) is 70.6 Å². The van der Waals surface area contributed by atoms with E-state index in [9.17, 15) is 0 Å². The lowest BCUT2D eigenvalue weighted by molar-refractivity contribution is 0.710. The van der Waals surface area contributed by atoms with Crippen molar-refractivity contribution in [2.24, 2.45) is 0 Å². The van der Waals surface area contributed by atoms with E-state index in [0.717, 1.165) is 0 Å². The second-order valence-corrected chi connectivity index (χ2v) is 6.78. The summed E-state index contributed by atoms with van der Waals surface area (Å²) in [6.07, 6.45) is 20.0. The first-order chi connectivity index (χ1) is 9.38. The van der Waals surface area contributed by atoms with Crippen LogP contribution in [0.25, 0.3) is 0 Å². The average Bonchev–Trinajstić information content (AvgIpc) is 2.94. The van der Waals surface area contributed by atoms with E-state index in [1.807, 2.05) is 0 Å². The Morgan fingerprint density at radius 1 is 0.526 bits per heavy atom. The van der Waals surface area contributed by atoms with E-state index in [-0.39, 0.29) is 0 Å². The quantitative estimate of drug-likeness (QED) is 0.513. The first-order valence-electron chi connectivity index (χ1n) is 8.19. The van der Waals surface area contributed by atoms with Gasteiger partial charge in [0.15, 0.2) is 0 Å². The van der Waals surface area contributed by atoms with E-state index in [0.29, 0.717) is 0 Å². The van der Waals surface area contributed by atoms with Crippen LogP contribution in [0.4, 0.5) is 0 Å². The first kappa shape index (κ1) is 11.8. The number of hydrogen-bond donors (Lipinski definition) is 0. The Morgan fingerprint density at radius 2 is 1.00 bits per heavy atom. The van der Waals surface area contributed by atoms with Crippen LogP contribution in [0.3, 0.4) is 0 Å². The number of hydrogen-bond acceptors (Lipinski definition) is 0. The molecule has 5 rings (SSSR count). The van der Waals surface area contributed by atoms with Crippen molar-refractivity contribution >= 4 is 0 Å². The summed E-state index contributed by atoms with van der Waals surface area (Å²) in [7, 11) is 0. The molecule has 0 spiro atoms. The van der Waals surface area contributed by atoms with Crippen LogP contribution in [0.5, 0.6) is 0 Å². The minimum atomic E-state index is 1.32. The molecule has 100 valence electrons. The van der Waals surface area contributed by atoms with Gasteiger partial charge in [-0.15, -0.1) is 0 Å². The van der Waals surface area contributed by atoms with Gasteiger partial charge in [0.1, 0.15) is 0 Å². The summed E-state index contributed by atoms with van der Waals surface area (Å²) in [6.45, 7) is 0. The van der Waals surface area contributed by atoms with Crippen molar-refractivity contribution in [3.63, 3.8) is 0 Å². The summed E-state index contributed by atoms with van der Waals surface area (Å²) in [6, 6.07) is 0. The van der Waals surface area contributed by atoms with Crippen molar-refractivity contribution in [3.05, 3.63) is 45.6 Å². The lowest BCUT2D eigenvalue weighted by atomic mass is 9.92. The molecule has 0 unspecified atom stereocenters. The molecule has 0 amide bonds. The van der Waals surface area contributed by atoms with Gasteiger partial charge in [0.25, 0.3) is 0 Å². The predicted molar refractivity (Wildman–Crippen MR) is 81.0 cm³/mol. The first-order valence-corrected chi connectivity index (χ1v) is 8.19. The van der Waals surface area contributed by atoms with Crippen LogP contribution in [-0.2, 0) is 0 Å². The molecule has 0 radical (unpaired) electrons. The van der Waals surface area contributed by atoms with Crippen molar-refractivity contribution in [1.82, 2.24) is 0 Å². The molecule has 6 bridgehead atoms. The van der Waals surface area contributed by atoms with Gasteiger partial charge >= 0.3 is 0 Å². The molecular formula is C19H24. The summed E-state index contributed by atoms with van der Waals surface area (Å²) in [4.78, 5) is 0. The SMILES string of the molecule is C1=C2CCCC3=CC4=C(CCCC(=C1CCC4)C2)C3. The largest absolute Gasteiger partial charge is 0.0659 e. The third-order valence-electron chi connectivity index (χ3n) is 5.39. The Hall–Kier alpha value is -1.04. The Bertz CT molecular complexity index is 476. The van der Waals surface area contributed by atoms with Crippen LogP contribution in [-0.4, -0.2) is 0 Å². The van der Waals surface area contributed by atoms with Crippen molar-refractivity contribution in [1.29, 1.82) is 0 Å². The van der Waals surface area contributed by atoms with Gasteiger partial charge in [-0.05, 0) is 81.8 Å². The molecule has 0 nitrogen and oxygen atoms in total. The molecule has 0 heteroatoms. The van der Waals surface area contributed by atoms with E-state index in [4.69, 9.17) is 0 Å². The molecular weight excluding hydrogens is 228 g/mol. The second kappa shape index (κ2) is 4.81. The zero-order valence-electron chi connectivity index (χ0n) is 11.9. The monoisotopic (exact) mass is 252 g/mol. The van der Waals surface area contributed by atoms with Crippen LogP contribution in [0, 0.1) is 0 Å². The van der Waals surface area contributed by atoms with Crippen molar-refractivity contribution < 1.29 is 0 Å². The Labute approximate surface area is 117 Å². The molecule has 0 N–H and O–H groups in total. The fourth-order valence-corrected chi connectivity index (χ4v) is 4.42. The van der Waals surface area contributed by atoms with Gasteiger partial charge in [-0.3, -0.25) is 0 Å². The minimum absolute atomic E-state index is 1.32. The lowest BCUT2D eigenvalue weighted by Crippen LogP contribution is -1.95. The van der Waals surface area contributed by atoms with Gasteiger partial charge in [0, 0.05) is 0 Å². The van der Waals surface area contributed by atoms with Crippen LogP contribution in [0.15, 0.2) is 45.6 Å². The van der Waals surface area contributed by atoms with Gasteiger partial charge in [-0.2, -0.15) is 0 Å². The maximum atomic E-state index is 2.57. The standard InChI is InChI=1S/C19H24/c1-4-14-10-16-6-2-7-17-11-15(5-1)13-19(17)9-3-8-18(16)12-14/h10-11H,1-9,12-13H2. The van der Waals surface area contributed by atoms with Gasteiger partial charge in [-0.25, -0.2) is 0 Å². The highest BCUT2D eigenvalue weighted by molar-refractivity contribution is 5.43. The highest BCUT2D eigenvalue weighted by Gasteiger charge is 2.21. The van der Waals surface area contributed by atoms with E-state index >= 15 is 0 Å². The third-order valence-corrected chi connectivity index (χ3v) is 5.39. The van der Waals surface area contributed by atoms with Gasteiger partial charge in [-0.1, -0.05) is 34.4 Å². The highest BCUT2D eigenvalue weighted by atomic mass is 14.3. The van der Waals surface area contributed by atoms with Gasteiger partial charge in [0.05, 0.1) is 0 Å².